The first-order chi connectivity index (χ1) is 13.6. The zero-order valence-corrected chi connectivity index (χ0v) is 16.8. The maximum Gasteiger partial charge on any atom is 0.271 e. The van der Waals surface area contributed by atoms with E-state index in [1.165, 1.54) is 6.21 Å². The van der Waals surface area contributed by atoms with Crippen molar-refractivity contribution in [3.8, 4) is 22.6 Å². The van der Waals surface area contributed by atoms with Gasteiger partial charge in [-0.3, -0.25) is 4.79 Å². The summed E-state index contributed by atoms with van der Waals surface area (Å²) >= 11 is 3.27. The monoisotopic (exact) mass is 438 g/mol. The van der Waals surface area contributed by atoms with Crippen LogP contribution in [0.1, 0.15) is 22.8 Å². The third-order valence-corrected chi connectivity index (χ3v) is 4.59. The van der Waals surface area contributed by atoms with Crippen molar-refractivity contribution in [3.63, 3.8) is 0 Å². The molecule has 0 bridgehead atoms. The highest BCUT2D eigenvalue weighted by Gasteiger charge is 2.09. The molecule has 0 aromatic heterocycles. The summed E-state index contributed by atoms with van der Waals surface area (Å²) in [6.45, 7) is 2.26. The van der Waals surface area contributed by atoms with Crippen LogP contribution in [0.4, 0.5) is 0 Å². The van der Waals surface area contributed by atoms with Crippen LogP contribution >= 0.6 is 15.9 Å². The van der Waals surface area contributed by atoms with Gasteiger partial charge in [0.25, 0.3) is 5.91 Å². The van der Waals surface area contributed by atoms with Crippen molar-refractivity contribution in [3.05, 3.63) is 82.3 Å². The summed E-state index contributed by atoms with van der Waals surface area (Å²) in [6, 6.07) is 20.6. The predicted molar refractivity (Wildman–Crippen MR) is 114 cm³/mol. The standard InChI is InChI=1S/C22H19BrN2O3/c1-2-28-20-13-15(12-19(23)21(20)26)14-24-25-22(27)18-10-8-17(9-11-18)16-6-4-3-5-7-16/h3-14,26H,2H2,1H3,(H,25,27)/b24-14+. The third-order valence-electron chi connectivity index (χ3n) is 3.98. The van der Waals surface area contributed by atoms with Gasteiger partial charge < -0.3 is 9.84 Å². The summed E-state index contributed by atoms with van der Waals surface area (Å²) in [6.07, 6.45) is 1.49. The first-order valence-electron chi connectivity index (χ1n) is 8.72. The third kappa shape index (κ3) is 4.78. The molecule has 0 spiro atoms. The van der Waals surface area contributed by atoms with Crippen molar-refractivity contribution < 1.29 is 14.6 Å². The van der Waals surface area contributed by atoms with Crippen LogP contribution in [0.2, 0.25) is 0 Å². The van der Waals surface area contributed by atoms with Crippen molar-refractivity contribution in [1.29, 1.82) is 0 Å². The van der Waals surface area contributed by atoms with Gasteiger partial charge in [-0.05, 0) is 63.8 Å². The second kappa shape index (κ2) is 9.19. The van der Waals surface area contributed by atoms with Gasteiger partial charge in [0.2, 0.25) is 0 Å². The average Bonchev–Trinajstić information content (AvgIpc) is 2.72. The Morgan fingerprint density at radius 2 is 1.79 bits per heavy atom. The van der Waals surface area contributed by atoms with E-state index < -0.39 is 0 Å². The van der Waals surface area contributed by atoms with Crippen molar-refractivity contribution in [1.82, 2.24) is 5.43 Å². The molecule has 0 heterocycles. The van der Waals surface area contributed by atoms with Gasteiger partial charge in [0.05, 0.1) is 17.3 Å². The maximum absolute atomic E-state index is 12.3. The number of halogens is 1. The highest BCUT2D eigenvalue weighted by Crippen LogP contribution is 2.35. The predicted octanol–water partition coefficient (Wildman–Crippen LogP) is 4.98. The Hall–Kier alpha value is -3.12. The molecule has 28 heavy (non-hydrogen) atoms. The number of hydrogen-bond acceptors (Lipinski definition) is 4. The van der Waals surface area contributed by atoms with Gasteiger partial charge in [-0.1, -0.05) is 42.5 Å². The molecule has 0 atom stereocenters. The van der Waals surface area contributed by atoms with Gasteiger partial charge in [-0.15, -0.1) is 0 Å². The van der Waals surface area contributed by atoms with Crippen molar-refractivity contribution >= 4 is 28.1 Å². The lowest BCUT2D eigenvalue weighted by molar-refractivity contribution is 0.0955. The van der Waals surface area contributed by atoms with Crippen LogP contribution in [0, 0.1) is 0 Å². The average molecular weight is 439 g/mol. The molecule has 142 valence electrons. The van der Waals surface area contributed by atoms with Crippen LogP contribution in [0.15, 0.2) is 76.3 Å². The molecule has 3 aromatic rings. The van der Waals surface area contributed by atoms with Crippen LogP contribution in [0.3, 0.4) is 0 Å². The molecule has 0 radical (unpaired) electrons. The first kappa shape index (κ1) is 19.6. The number of hydrazone groups is 1. The summed E-state index contributed by atoms with van der Waals surface area (Å²) < 4.78 is 5.86. The molecule has 5 nitrogen and oxygen atoms in total. The highest BCUT2D eigenvalue weighted by molar-refractivity contribution is 9.10. The molecule has 3 rings (SSSR count). The number of amides is 1. The topological polar surface area (TPSA) is 70.9 Å². The van der Waals surface area contributed by atoms with E-state index in [4.69, 9.17) is 4.74 Å². The van der Waals surface area contributed by atoms with E-state index in [9.17, 15) is 9.90 Å². The Labute approximate surface area is 171 Å². The maximum atomic E-state index is 12.3. The van der Waals surface area contributed by atoms with Gasteiger partial charge in [0.15, 0.2) is 11.5 Å². The largest absolute Gasteiger partial charge is 0.503 e. The minimum absolute atomic E-state index is 0.0292. The number of ether oxygens (including phenoxy) is 1. The molecule has 0 saturated carbocycles. The van der Waals surface area contributed by atoms with Crippen LogP contribution in [0.5, 0.6) is 11.5 Å². The van der Waals surface area contributed by atoms with Crippen LogP contribution < -0.4 is 10.2 Å². The van der Waals surface area contributed by atoms with E-state index in [0.29, 0.717) is 28.0 Å². The van der Waals surface area contributed by atoms with Gasteiger partial charge in [0.1, 0.15) is 0 Å². The van der Waals surface area contributed by atoms with E-state index in [2.05, 4.69) is 26.5 Å². The van der Waals surface area contributed by atoms with E-state index >= 15 is 0 Å². The zero-order valence-electron chi connectivity index (χ0n) is 15.2. The van der Waals surface area contributed by atoms with E-state index in [1.807, 2.05) is 49.4 Å². The Bertz CT molecular complexity index is 987. The Kier molecular flexibility index (Phi) is 6.45. The fraction of sp³-hybridized carbons (Fsp3) is 0.0909. The quantitative estimate of drug-likeness (QED) is 0.420. The Morgan fingerprint density at radius 3 is 2.46 bits per heavy atom. The van der Waals surface area contributed by atoms with Gasteiger partial charge in [-0.25, -0.2) is 5.43 Å². The van der Waals surface area contributed by atoms with Gasteiger partial charge in [0, 0.05) is 5.56 Å². The van der Waals surface area contributed by atoms with Gasteiger partial charge in [-0.2, -0.15) is 5.10 Å². The minimum atomic E-state index is -0.307. The number of carbonyl (C=O) groups is 1. The molecule has 0 aliphatic carbocycles. The van der Waals surface area contributed by atoms with E-state index in [0.717, 1.165) is 11.1 Å². The normalized spacial score (nSPS) is 10.8. The smallest absolute Gasteiger partial charge is 0.271 e. The molecule has 0 fully saturated rings. The number of phenols is 1. The molecule has 3 aromatic carbocycles. The highest BCUT2D eigenvalue weighted by atomic mass is 79.9. The SMILES string of the molecule is CCOc1cc(/C=N/NC(=O)c2ccc(-c3ccccc3)cc2)cc(Br)c1O. The molecule has 6 heteroatoms. The number of rotatable bonds is 6. The second-order valence-electron chi connectivity index (χ2n) is 5.92. The van der Waals surface area contributed by atoms with Crippen molar-refractivity contribution in [2.75, 3.05) is 6.61 Å². The molecule has 0 aliphatic heterocycles. The summed E-state index contributed by atoms with van der Waals surface area (Å²) in [7, 11) is 0. The van der Waals surface area contributed by atoms with Crippen LogP contribution in [-0.4, -0.2) is 23.8 Å². The molecule has 0 aliphatic rings. The number of nitrogens with one attached hydrogen (secondary N) is 1. The molecular formula is C22H19BrN2O3. The Morgan fingerprint density at radius 1 is 1.11 bits per heavy atom. The number of nitrogens with zero attached hydrogens (tertiary/aromatic N) is 1. The van der Waals surface area contributed by atoms with Crippen LogP contribution in [0.25, 0.3) is 11.1 Å². The summed E-state index contributed by atoms with van der Waals surface area (Å²) in [5.41, 5.74) is 5.82. The molecule has 0 unspecified atom stereocenters. The lowest BCUT2D eigenvalue weighted by Crippen LogP contribution is -2.17. The fourth-order valence-corrected chi connectivity index (χ4v) is 3.07. The van der Waals surface area contributed by atoms with Gasteiger partial charge >= 0.3 is 0 Å². The molecule has 1 amide bonds. The van der Waals surface area contributed by atoms with E-state index in [1.54, 1.807) is 24.3 Å². The van der Waals surface area contributed by atoms with E-state index in [-0.39, 0.29) is 11.7 Å². The number of hydrogen-bond donors (Lipinski definition) is 2. The zero-order chi connectivity index (χ0) is 19.9. The lowest BCUT2D eigenvalue weighted by Gasteiger charge is -2.08. The number of aromatic hydroxyl groups is 1. The number of carbonyl (C=O) groups excluding carboxylic acids is 1. The molecule has 2 N–H and O–H groups in total. The van der Waals surface area contributed by atoms with Crippen molar-refractivity contribution in [2.24, 2.45) is 5.10 Å². The fourth-order valence-electron chi connectivity index (χ4n) is 2.61. The minimum Gasteiger partial charge on any atom is -0.503 e. The summed E-state index contributed by atoms with van der Waals surface area (Å²) in [4.78, 5) is 12.3. The molecule has 0 saturated heterocycles. The number of phenolic OH excluding ortho intramolecular Hbond substituents is 1. The number of benzene rings is 3. The second-order valence-corrected chi connectivity index (χ2v) is 6.78. The lowest BCUT2D eigenvalue weighted by atomic mass is 10.0. The Balaban J connectivity index is 1.67. The first-order valence-corrected chi connectivity index (χ1v) is 9.52. The summed E-state index contributed by atoms with van der Waals surface area (Å²) in [5, 5.41) is 13.9. The van der Waals surface area contributed by atoms with Crippen molar-refractivity contribution in [2.45, 2.75) is 6.92 Å². The summed E-state index contributed by atoms with van der Waals surface area (Å²) in [5.74, 6) is 0.0708. The van der Waals surface area contributed by atoms with Crippen LogP contribution in [-0.2, 0) is 0 Å². The molecular weight excluding hydrogens is 420 g/mol.